The van der Waals surface area contributed by atoms with E-state index in [1.54, 1.807) is 6.20 Å². The highest BCUT2D eigenvalue weighted by molar-refractivity contribution is 7.20. The average molecular weight is 440 g/mol. The lowest BCUT2D eigenvalue weighted by Crippen LogP contribution is -2.52. The summed E-state index contributed by atoms with van der Waals surface area (Å²) < 4.78 is 12.8. The number of ether oxygens (including phenoxy) is 2. The predicted molar refractivity (Wildman–Crippen MR) is 119 cm³/mol. The Morgan fingerprint density at radius 2 is 1.90 bits per heavy atom. The van der Waals surface area contributed by atoms with Crippen LogP contribution < -0.4 is 20.5 Å². The lowest BCUT2D eigenvalue weighted by Gasteiger charge is -2.38. The third kappa shape index (κ3) is 4.57. The molecule has 2 bridgehead atoms. The molecule has 2 aliphatic heterocycles. The van der Waals surface area contributed by atoms with Crippen molar-refractivity contribution in [2.45, 2.75) is 43.8 Å². The summed E-state index contributed by atoms with van der Waals surface area (Å²) in [6, 6.07) is 12.3. The molecule has 2 fully saturated rings. The summed E-state index contributed by atoms with van der Waals surface area (Å²) in [5.74, 6) is 1.53. The fourth-order valence-corrected chi connectivity index (χ4v) is 5.52. The Morgan fingerprint density at radius 3 is 2.61 bits per heavy atom. The van der Waals surface area contributed by atoms with Crippen LogP contribution in [-0.4, -0.2) is 52.2 Å². The normalized spacial score (nSPS) is 23.0. The number of fused-ring (bicyclic) bond motifs is 3. The van der Waals surface area contributed by atoms with Crippen LogP contribution in [0.3, 0.4) is 0 Å². The molecule has 9 heteroatoms. The van der Waals surface area contributed by atoms with Crippen molar-refractivity contribution >= 4 is 27.7 Å². The van der Waals surface area contributed by atoms with Crippen LogP contribution in [0.1, 0.15) is 25.7 Å². The molecular weight excluding hydrogens is 414 g/mol. The van der Waals surface area contributed by atoms with Gasteiger partial charge in [-0.2, -0.15) is 4.98 Å². The SMILES string of the molecule is NC(=O)N[C@@H]1C[C@H]2CC[C@@H](C1)N2CCOc1ccc(Oc2nc3ncccc3s2)cc1. The van der Waals surface area contributed by atoms with Crippen molar-refractivity contribution in [3.8, 4) is 16.7 Å². The maximum absolute atomic E-state index is 11.1. The minimum atomic E-state index is -0.423. The van der Waals surface area contributed by atoms with Gasteiger partial charge in [0.1, 0.15) is 18.1 Å². The molecule has 31 heavy (non-hydrogen) atoms. The molecule has 3 atom stereocenters. The summed E-state index contributed by atoms with van der Waals surface area (Å²) in [6.07, 6.45) is 6.01. The van der Waals surface area contributed by atoms with Gasteiger partial charge in [-0.05, 0) is 62.1 Å². The van der Waals surface area contributed by atoms with Gasteiger partial charge in [0, 0.05) is 30.9 Å². The molecule has 0 spiro atoms. The van der Waals surface area contributed by atoms with E-state index in [1.807, 2.05) is 36.4 Å². The van der Waals surface area contributed by atoms with Gasteiger partial charge in [-0.15, -0.1) is 0 Å². The lowest BCUT2D eigenvalue weighted by molar-refractivity contribution is 0.1000. The van der Waals surface area contributed by atoms with E-state index in [0.717, 1.165) is 29.8 Å². The molecule has 0 radical (unpaired) electrons. The zero-order chi connectivity index (χ0) is 21.2. The first-order chi connectivity index (χ1) is 15.1. The minimum absolute atomic E-state index is 0.200. The number of benzene rings is 1. The highest BCUT2D eigenvalue weighted by Crippen LogP contribution is 2.35. The highest BCUT2D eigenvalue weighted by atomic mass is 32.1. The zero-order valence-electron chi connectivity index (χ0n) is 17.1. The molecule has 2 saturated heterocycles. The maximum atomic E-state index is 11.1. The second-order valence-electron chi connectivity index (χ2n) is 8.03. The van der Waals surface area contributed by atoms with E-state index in [2.05, 4.69) is 20.2 Å². The quantitative estimate of drug-likeness (QED) is 0.584. The van der Waals surface area contributed by atoms with E-state index in [-0.39, 0.29) is 6.04 Å². The number of carbonyl (C=O) groups is 1. The van der Waals surface area contributed by atoms with Gasteiger partial charge in [0.15, 0.2) is 5.65 Å². The Morgan fingerprint density at radius 1 is 1.16 bits per heavy atom. The Kier molecular flexibility index (Phi) is 5.61. The summed E-state index contributed by atoms with van der Waals surface area (Å²) in [7, 11) is 0. The number of nitrogens with two attached hydrogens (primary N) is 1. The van der Waals surface area contributed by atoms with E-state index in [0.29, 0.717) is 35.3 Å². The fraction of sp³-hybridized carbons (Fsp3) is 0.409. The van der Waals surface area contributed by atoms with Crippen molar-refractivity contribution in [3.63, 3.8) is 0 Å². The van der Waals surface area contributed by atoms with E-state index >= 15 is 0 Å². The number of hydrogen-bond donors (Lipinski definition) is 2. The number of primary amides is 1. The Hall–Kier alpha value is -2.91. The number of aromatic nitrogens is 2. The van der Waals surface area contributed by atoms with Crippen LogP contribution in [0.25, 0.3) is 10.3 Å². The Balaban J connectivity index is 1.11. The first-order valence-electron chi connectivity index (χ1n) is 10.6. The average Bonchev–Trinajstić information content (AvgIpc) is 3.26. The zero-order valence-corrected chi connectivity index (χ0v) is 17.9. The van der Waals surface area contributed by atoms with Crippen molar-refractivity contribution in [3.05, 3.63) is 42.6 Å². The van der Waals surface area contributed by atoms with Gasteiger partial charge in [0.25, 0.3) is 5.19 Å². The molecule has 3 aromatic rings. The number of hydrogen-bond acceptors (Lipinski definition) is 7. The first-order valence-corrected chi connectivity index (χ1v) is 11.4. The van der Waals surface area contributed by atoms with E-state index in [1.165, 1.54) is 24.2 Å². The standard InChI is InChI=1S/C22H25N5O3S/c23-21(28)25-14-12-15-3-4-16(13-14)27(15)10-11-29-17-5-7-18(8-6-17)30-22-26-20-19(31-22)2-1-9-24-20/h1-2,5-9,14-16H,3-4,10-13H2,(H3,23,25,28)/t14-,15-,16+. The van der Waals surface area contributed by atoms with Gasteiger partial charge in [-0.25, -0.2) is 9.78 Å². The van der Waals surface area contributed by atoms with E-state index in [9.17, 15) is 4.79 Å². The molecule has 0 unspecified atom stereocenters. The van der Waals surface area contributed by atoms with Crippen molar-refractivity contribution in [1.82, 2.24) is 20.2 Å². The minimum Gasteiger partial charge on any atom is -0.492 e. The molecule has 2 amide bonds. The van der Waals surface area contributed by atoms with E-state index in [4.69, 9.17) is 15.2 Å². The number of thiazole rings is 1. The number of carbonyl (C=O) groups excluding carboxylic acids is 1. The molecule has 8 nitrogen and oxygen atoms in total. The largest absolute Gasteiger partial charge is 0.492 e. The van der Waals surface area contributed by atoms with Gasteiger partial charge >= 0.3 is 6.03 Å². The summed E-state index contributed by atoms with van der Waals surface area (Å²) in [5.41, 5.74) is 5.99. The molecular formula is C22H25N5O3S. The molecule has 0 saturated carbocycles. The maximum Gasteiger partial charge on any atom is 0.312 e. The number of pyridine rings is 1. The Labute approximate surface area is 184 Å². The number of rotatable bonds is 7. The predicted octanol–water partition coefficient (Wildman–Crippen LogP) is 3.53. The van der Waals surface area contributed by atoms with Crippen LogP contribution in [-0.2, 0) is 0 Å². The molecule has 4 heterocycles. The van der Waals surface area contributed by atoms with Gasteiger partial charge in [-0.1, -0.05) is 11.3 Å². The third-order valence-electron chi connectivity index (χ3n) is 6.02. The second kappa shape index (κ2) is 8.68. The molecule has 2 aliphatic rings. The second-order valence-corrected chi connectivity index (χ2v) is 9.02. The van der Waals surface area contributed by atoms with Gasteiger partial charge in [0.05, 0.1) is 4.70 Å². The molecule has 2 aromatic heterocycles. The molecule has 0 aliphatic carbocycles. The monoisotopic (exact) mass is 439 g/mol. The number of nitrogens with zero attached hydrogens (tertiary/aromatic N) is 3. The van der Waals surface area contributed by atoms with E-state index < -0.39 is 6.03 Å². The molecule has 162 valence electrons. The van der Waals surface area contributed by atoms with Crippen molar-refractivity contribution in [2.24, 2.45) is 5.73 Å². The van der Waals surface area contributed by atoms with Gasteiger partial charge in [0.2, 0.25) is 0 Å². The number of nitrogens with one attached hydrogen (secondary N) is 1. The first kappa shape index (κ1) is 20.0. The number of amides is 2. The fourth-order valence-electron chi connectivity index (χ4n) is 4.72. The Bertz CT molecular complexity index is 1010. The summed E-state index contributed by atoms with van der Waals surface area (Å²) in [4.78, 5) is 22.3. The summed E-state index contributed by atoms with van der Waals surface area (Å²) in [6.45, 7) is 1.51. The number of piperidine rings is 1. The van der Waals surface area contributed by atoms with Crippen LogP contribution in [0.4, 0.5) is 4.79 Å². The summed E-state index contributed by atoms with van der Waals surface area (Å²) >= 11 is 1.47. The van der Waals surface area contributed by atoms with Crippen molar-refractivity contribution < 1.29 is 14.3 Å². The molecule has 5 rings (SSSR count). The van der Waals surface area contributed by atoms with Crippen LogP contribution in [0, 0.1) is 0 Å². The van der Waals surface area contributed by atoms with Gasteiger partial charge in [-0.3, -0.25) is 4.90 Å². The summed E-state index contributed by atoms with van der Waals surface area (Å²) in [5, 5.41) is 3.45. The van der Waals surface area contributed by atoms with Crippen LogP contribution >= 0.6 is 11.3 Å². The molecule has 3 N–H and O–H groups in total. The van der Waals surface area contributed by atoms with Gasteiger partial charge < -0.3 is 20.5 Å². The van der Waals surface area contributed by atoms with Crippen molar-refractivity contribution in [2.75, 3.05) is 13.2 Å². The third-order valence-corrected chi connectivity index (χ3v) is 6.91. The number of urea groups is 1. The highest BCUT2D eigenvalue weighted by Gasteiger charge is 2.40. The molecule has 1 aromatic carbocycles. The smallest absolute Gasteiger partial charge is 0.312 e. The topological polar surface area (TPSA) is 103 Å². The van der Waals surface area contributed by atoms with Crippen LogP contribution in [0.5, 0.6) is 16.7 Å². The van der Waals surface area contributed by atoms with Crippen molar-refractivity contribution in [1.29, 1.82) is 0 Å². The van der Waals surface area contributed by atoms with Crippen LogP contribution in [0.15, 0.2) is 42.6 Å². The van der Waals surface area contributed by atoms with Crippen LogP contribution in [0.2, 0.25) is 0 Å². The lowest BCUT2D eigenvalue weighted by atomic mass is 9.97.